The fourth-order valence-electron chi connectivity index (χ4n) is 1.49. The molecule has 0 fully saturated rings. The third-order valence-electron chi connectivity index (χ3n) is 2.29. The molecule has 5 heteroatoms. The molecule has 0 heterocycles. The number of nitrogens with zero attached hydrogens (tertiary/aromatic N) is 2. The van der Waals surface area contributed by atoms with Crippen LogP contribution in [-0.2, 0) is 0 Å². The molecule has 0 bridgehead atoms. The number of rotatable bonds is 4. The third kappa shape index (κ3) is 2.40. The summed E-state index contributed by atoms with van der Waals surface area (Å²) in [6.07, 6.45) is 0.239. The first-order chi connectivity index (χ1) is 7.61. The minimum absolute atomic E-state index is 0.0396. The monoisotopic (exact) mass is 225 g/mol. The number of anilines is 2. The van der Waals surface area contributed by atoms with E-state index in [4.69, 9.17) is 11.0 Å². The van der Waals surface area contributed by atoms with Gasteiger partial charge in [0, 0.05) is 13.1 Å². The largest absolute Gasteiger partial charge is 0.397 e. The molecule has 0 unspecified atom stereocenters. The zero-order valence-corrected chi connectivity index (χ0v) is 9.00. The SMILES string of the molecule is CCN(CCC#N)c1c(N)ccc(F)c1F. The first kappa shape index (κ1) is 12.2. The Morgan fingerprint density at radius 2 is 2.12 bits per heavy atom. The number of hydrogen-bond acceptors (Lipinski definition) is 3. The van der Waals surface area contributed by atoms with Crippen LogP contribution < -0.4 is 10.6 Å². The molecule has 0 aromatic heterocycles. The van der Waals surface area contributed by atoms with Crippen LogP contribution in [0.25, 0.3) is 0 Å². The molecule has 1 aromatic carbocycles. The van der Waals surface area contributed by atoms with Crippen LogP contribution in [0.3, 0.4) is 0 Å². The number of benzene rings is 1. The lowest BCUT2D eigenvalue weighted by atomic mass is 10.2. The summed E-state index contributed by atoms with van der Waals surface area (Å²) < 4.78 is 26.6. The standard InChI is InChI=1S/C11H13F2N3/c1-2-16(7-3-6-14)11-9(15)5-4-8(12)10(11)13/h4-5H,2-3,7,15H2,1H3. The smallest absolute Gasteiger partial charge is 0.184 e. The number of nitrogens with two attached hydrogens (primary N) is 1. The maximum atomic E-state index is 13.5. The summed E-state index contributed by atoms with van der Waals surface area (Å²) in [6, 6.07) is 4.27. The summed E-state index contributed by atoms with van der Waals surface area (Å²) in [4.78, 5) is 1.55. The van der Waals surface area contributed by atoms with Crippen LogP contribution in [0.15, 0.2) is 12.1 Å². The Balaban J connectivity index is 3.09. The molecular formula is C11H13F2N3. The van der Waals surface area contributed by atoms with Crippen molar-refractivity contribution in [2.75, 3.05) is 23.7 Å². The van der Waals surface area contributed by atoms with Crippen molar-refractivity contribution < 1.29 is 8.78 Å². The number of halogens is 2. The van der Waals surface area contributed by atoms with E-state index in [1.54, 1.807) is 11.8 Å². The van der Waals surface area contributed by atoms with Gasteiger partial charge in [-0.3, -0.25) is 0 Å². The van der Waals surface area contributed by atoms with Gasteiger partial charge in [-0.2, -0.15) is 5.26 Å². The zero-order valence-electron chi connectivity index (χ0n) is 9.00. The number of nitriles is 1. The molecule has 1 aromatic rings. The molecule has 2 N–H and O–H groups in total. The Morgan fingerprint density at radius 3 is 2.69 bits per heavy atom. The van der Waals surface area contributed by atoms with Crippen molar-refractivity contribution >= 4 is 11.4 Å². The molecule has 0 aliphatic carbocycles. The summed E-state index contributed by atoms with van der Waals surface area (Å²) in [5.41, 5.74) is 5.83. The third-order valence-corrected chi connectivity index (χ3v) is 2.29. The van der Waals surface area contributed by atoms with Gasteiger partial charge in [-0.05, 0) is 19.1 Å². The highest BCUT2D eigenvalue weighted by molar-refractivity contribution is 5.68. The normalized spacial score (nSPS) is 9.88. The molecule has 0 aliphatic rings. The van der Waals surface area contributed by atoms with Crippen LogP contribution in [0.4, 0.5) is 20.2 Å². The quantitative estimate of drug-likeness (QED) is 0.800. The summed E-state index contributed by atoms with van der Waals surface area (Å²) in [7, 11) is 0. The summed E-state index contributed by atoms with van der Waals surface area (Å²) in [6.45, 7) is 2.59. The van der Waals surface area contributed by atoms with Crippen molar-refractivity contribution in [3.63, 3.8) is 0 Å². The van der Waals surface area contributed by atoms with Crippen LogP contribution in [0.1, 0.15) is 13.3 Å². The number of hydrogen-bond donors (Lipinski definition) is 1. The molecule has 3 nitrogen and oxygen atoms in total. The summed E-state index contributed by atoms with van der Waals surface area (Å²) in [5, 5.41) is 8.48. The second-order valence-corrected chi connectivity index (χ2v) is 3.29. The molecule has 0 spiro atoms. The Kier molecular flexibility index (Phi) is 4.06. The van der Waals surface area contributed by atoms with E-state index in [0.29, 0.717) is 13.1 Å². The first-order valence-electron chi connectivity index (χ1n) is 4.97. The molecule has 0 amide bonds. The van der Waals surface area contributed by atoms with E-state index in [2.05, 4.69) is 0 Å². The molecule has 0 saturated carbocycles. The van der Waals surface area contributed by atoms with Gasteiger partial charge >= 0.3 is 0 Å². The molecule has 0 atom stereocenters. The number of nitrogen functional groups attached to an aromatic ring is 1. The highest BCUT2D eigenvalue weighted by Crippen LogP contribution is 2.28. The van der Waals surface area contributed by atoms with Crippen LogP contribution in [0.5, 0.6) is 0 Å². The Bertz CT molecular complexity index is 412. The highest BCUT2D eigenvalue weighted by Gasteiger charge is 2.16. The van der Waals surface area contributed by atoms with E-state index < -0.39 is 11.6 Å². The molecule has 86 valence electrons. The van der Waals surface area contributed by atoms with Crippen molar-refractivity contribution in [1.29, 1.82) is 5.26 Å². The predicted octanol–water partition coefficient (Wildman–Crippen LogP) is 2.29. The molecular weight excluding hydrogens is 212 g/mol. The van der Waals surface area contributed by atoms with E-state index in [1.807, 2.05) is 6.07 Å². The maximum absolute atomic E-state index is 13.5. The Hall–Kier alpha value is -1.83. The van der Waals surface area contributed by atoms with E-state index in [0.717, 1.165) is 6.07 Å². The van der Waals surface area contributed by atoms with Gasteiger partial charge < -0.3 is 10.6 Å². The molecule has 16 heavy (non-hydrogen) atoms. The Morgan fingerprint density at radius 1 is 1.44 bits per heavy atom. The topological polar surface area (TPSA) is 53.0 Å². The lowest BCUT2D eigenvalue weighted by Gasteiger charge is -2.24. The van der Waals surface area contributed by atoms with Gasteiger partial charge in [0.25, 0.3) is 0 Å². The fraction of sp³-hybridized carbons (Fsp3) is 0.364. The van der Waals surface area contributed by atoms with Gasteiger partial charge in [-0.1, -0.05) is 0 Å². The van der Waals surface area contributed by atoms with Crippen LogP contribution in [-0.4, -0.2) is 13.1 Å². The van der Waals surface area contributed by atoms with Crippen molar-refractivity contribution in [3.05, 3.63) is 23.8 Å². The van der Waals surface area contributed by atoms with E-state index in [-0.39, 0.29) is 17.8 Å². The van der Waals surface area contributed by atoms with Gasteiger partial charge in [0.2, 0.25) is 0 Å². The van der Waals surface area contributed by atoms with Crippen LogP contribution >= 0.6 is 0 Å². The molecule has 0 saturated heterocycles. The van der Waals surface area contributed by atoms with E-state index in [9.17, 15) is 8.78 Å². The van der Waals surface area contributed by atoms with Gasteiger partial charge in [-0.25, -0.2) is 8.78 Å². The van der Waals surface area contributed by atoms with E-state index >= 15 is 0 Å². The van der Waals surface area contributed by atoms with E-state index in [1.165, 1.54) is 6.07 Å². The predicted molar refractivity (Wildman–Crippen MR) is 58.9 cm³/mol. The molecule has 1 rings (SSSR count). The van der Waals surface area contributed by atoms with Gasteiger partial charge in [0.1, 0.15) is 0 Å². The maximum Gasteiger partial charge on any atom is 0.184 e. The van der Waals surface area contributed by atoms with Crippen LogP contribution in [0, 0.1) is 23.0 Å². The minimum atomic E-state index is -0.959. The van der Waals surface area contributed by atoms with Crippen molar-refractivity contribution in [3.8, 4) is 6.07 Å². The van der Waals surface area contributed by atoms with Crippen molar-refractivity contribution in [2.45, 2.75) is 13.3 Å². The summed E-state index contributed by atoms with van der Waals surface area (Å²) >= 11 is 0. The lowest BCUT2D eigenvalue weighted by molar-refractivity contribution is 0.507. The molecule has 0 radical (unpaired) electrons. The first-order valence-corrected chi connectivity index (χ1v) is 4.97. The summed E-state index contributed by atoms with van der Waals surface area (Å²) in [5.74, 6) is -1.89. The lowest BCUT2D eigenvalue weighted by Crippen LogP contribution is -2.26. The van der Waals surface area contributed by atoms with Crippen LogP contribution in [0.2, 0.25) is 0 Å². The van der Waals surface area contributed by atoms with Gasteiger partial charge in [0.15, 0.2) is 11.6 Å². The average molecular weight is 225 g/mol. The second-order valence-electron chi connectivity index (χ2n) is 3.29. The zero-order chi connectivity index (χ0) is 12.1. The Labute approximate surface area is 93.1 Å². The second kappa shape index (κ2) is 5.31. The fourth-order valence-corrected chi connectivity index (χ4v) is 1.49. The van der Waals surface area contributed by atoms with Gasteiger partial charge in [0.05, 0.1) is 23.9 Å². The molecule has 0 aliphatic heterocycles. The highest BCUT2D eigenvalue weighted by atomic mass is 19.2. The van der Waals surface area contributed by atoms with Gasteiger partial charge in [-0.15, -0.1) is 0 Å². The average Bonchev–Trinajstić information content (AvgIpc) is 2.28. The van der Waals surface area contributed by atoms with Crippen molar-refractivity contribution in [1.82, 2.24) is 0 Å². The van der Waals surface area contributed by atoms with Crippen molar-refractivity contribution in [2.24, 2.45) is 0 Å². The minimum Gasteiger partial charge on any atom is -0.397 e.